The lowest BCUT2D eigenvalue weighted by Crippen LogP contribution is -2.44. The van der Waals surface area contributed by atoms with Gasteiger partial charge in [-0.1, -0.05) is 62.0 Å². The van der Waals surface area contributed by atoms with Gasteiger partial charge in [-0.15, -0.1) is 0 Å². The second-order valence-electron chi connectivity index (χ2n) is 9.86. The van der Waals surface area contributed by atoms with E-state index >= 15 is 0 Å². The quantitative estimate of drug-likeness (QED) is 0.164. The van der Waals surface area contributed by atoms with Crippen LogP contribution in [0.15, 0.2) is 36.5 Å². The molecule has 3 N–H and O–H groups in total. The molecule has 0 spiro atoms. The van der Waals surface area contributed by atoms with E-state index in [9.17, 15) is 14.7 Å². The lowest BCUT2D eigenvalue weighted by atomic mass is 9.84. The van der Waals surface area contributed by atoms with Gasteiger partial charge >= 0.3 is 0 Å². The minimum atomic E-state index is -0.981. The summed E-state index contributed by atoms with van der Waals surface area (Å²) in [6.07, 6.45) is 9.88. The lowest BCUT2D eigenvalue weighted by Gasteiger charge is -2.37. The predicted octanol–water partition coefficient (Wildman–Crippen LogP) is 5.56. The summed E-state index contributed by atoms with van der Waals surface area (Å²) in [7, 11) is 0. The van der Waals surface area contributed by atoms with Crippen LogP contribution >= 0.6 is 11.9 Å². The van der Waals surface area contributed by atoms with E-state index in [4.69, 9.17) is 5.41 Å². The number of aromatic amines is 1. The predicted molar refractivity (Wildman–Crippen MR) is 146 cm³/mol. The fourth-order valence-corrected chi connectivity index (χ4v) is 5.29. The van der Waals surface area contributed by atoms with Gasteiger partial charge in [0, 0.05) is 44.7 Å². The minimum absolute atomic E-state index is 0.00322. The molecule has 1 aromatic heterocycles. The summed E-state index contributed by atoms with van der Waals surface area (Å²) < 4.78 is 2.20. The number of nitrogens with zero attached hydrogens (tertiary/aromatic N) is 2. The van der Waals surface area contributed by atoms with E-state index in [2.05, 4.69) is 14.3 Å². The van der Waals surface area contributed by atoms with Gasteiger partial charge in [-0.05, 0) is 37.5 Å². The largest absolute Gasteiger partial charge is 0.389 e. The minimum Gasteiger partial charge on any atom is -0.389 e. The maximum atomic E-state index is 13.1. The topological polar surface area (TPSA) is 110 Å². The third-order valence-electron chi connectivity index (χ3n) is 7.16. The molecule has 0 radical (unpaired) electrons. The van der Waals surface area contributed by atoms with Crippen LogP contribution in [0.3, 0.4) is 0 Å². The van der Waals surface area contributed by atoms with Gasteiger partial charge in [0.25, 0.3) is 0 Å². The second-order valence-corrected chi connectivity index (χ2v) is 10.7. The molecule has 0 saturated carbocycles. The average Bonchev–Trinajstić information content (AvgIpc) is 3.38. The zero-order chi connectivity index (χ0) is 26.0. The summed E-state index contributed by atoms with van der Waals surface area (Å²) in [6, 6.07) is 9.95. The van der Waals surface area contributed by atoms with Crippen LogP contribution in [0.2, 0.25) is 0 Å². The van der Waals surface area contributed by atoms with E-state index in [1.807, 2.05) is 43.5 Å². The molecule has 1 aliphatic heterocycles. The Kier molecular flexibility index (Phi) is 10.9. The van der Waals surface area contributed by atoms with Crippen LogP contribution in [-0.2, 0) is 9.59 Å². The van der Waals surface area contributed by atoms with Gasteiger partial charge in [-0.3, -0.25) is 13.9 Å². The van der Waals surface area contributed by atoms with E-state index in [-0.39, 0.29) is 36.0 Å². The molecule has 1 saturated heterocycles. The molecule has 1 aliphatic rings. The van der Waals surface area contributed by atoms with Gasteiger partial charge in [-0.25, -0.2) is 4.98 Å². The first-order valence-electron chi connectivity index (χ1n) is 13.1. The number of aliphatic hydroxyl groups is 1. The SMILES string of the molecule is CCC(=O)CCCCC[C@H](CC(=O)C(=N)CC1(O)CCN(SC)CC1)c1ncc(-c2ccccc2)[nH]1. The molecule has 3 rings (SSSR count). The third kappa shape index (κ3) is 8.39. The highest BCUT2D eigenvalue weighted by Gasteiger charge is 2.35. The summed E-state index contributed by atoms with van der Waals surface area (Å²) in [6.45, 7) is 3.41. The van der Waals surface area contributed by atoms with Crippen molar-refractivity contribution in [2.24, 2.45) is 0 Å². The summed E-state index contributed by atoms with van der Waals surface area (Å²) in [5.74, 6) is 0.686. The summed E-state index contributed by atoms with van der Waals surface area (Å²) in [4.78, 5) is 32.7. The number of ketones is 2. The van der Waals surface area contributed by atoms with Crippen molar-refractivity contribution in [1.82, 2.24) is 14.3 Å². The number of piperidine rings is 1. The number of hydrogen-bond donors (Lipinski definition) is 3. The Hall–Kier alpha value is -2.29. The van der Waals surface area contributed by atoms with Crippen molar-refractivity contribution in [3.63, 3.8) is 0 Å². The number of carbonyl (C=O) groups excluding carboxylic acids is 2. The Morgan fingerprint density at radius 3 is 2.58 bits per heavy atom. The van der Waals surface area contributed by atoms with Crippen LogP contribution < -0.4 is 0 Å². The molecule has 0 aliphatic carbocycles. The van der Waals surface area contributed by atoms with E-state index < -0.39 is 5.60 Å². The first-order chi connectivity index (χ1) is 17.3. The van der Waals surface area contributed by atoms with Crippen molar-refractivity contribution in [2.75, 3.05) is 19.3 Å². The normalized spacial score (nSPS) is 16.5. The lowest BCUT2D eigenvalue weighted by molar-refractivity contribution is -0.118. The Balaban J connectivity index is 1.63. The van der Waals surface area contributed by atoms with Crippen molar-refractivity contribution < 1.29 is 14.7 Å². The number of unbranched alkanes of at least 4 members (excludes halogenated alkanes) is 2. The van der Waals surface area contributed by atoms with Crippen LogP contribution in [0.4, 0.5) is 0 Å². The van der Waals surface area contributed by atoms with Crippen molar-refractivity contribution in [2.45, 2.75) is 82.7 Å². The molecule has 36 heavy (non-hydrogen) atoms. The van der Waals surface area contributed by atoms with Crippen LogP contribution in [0, 0.1) is 5.41 Å². The number of carbonyl (C=O) groups is 2. The number of H-pyrrole nitrogens is 1. The summed E-state index contributed by atoms with van der Waals surface area (Å²) in [5.41, 5.74) is 0.960. The van der Waals surface area contributed by atoms with Crippen LogP contribution in [0.5, 0.6) is 0 Å². The maximum absolute atomic E-state index is 13.1. The van der Waals surface area contributed by atoms with Crippen LogP contribution in [0.1, 0.15) is 82.9 Å². The van der Waals surface area contributed by atoms with E-state index in [1.165, 1.54) is 0 Å². The Morgan fingerprint density at radius 1 is 1.19 bits per heavy atom. The first-order valence-corrected chi connectivity index (χ1v) is 14.3. The van der Waals surface area contributed by atoms with Gasteiger partial charge in [0.05, 0.1) is 23.2 Å². The molecule has 2 heterocycles. The number of benzene rings is 1. The molecule has 1 aromatic carbocycles. The monoisotopic (exact) mass is 512 g/mol. The Bertz CT molecular complexity index is 999. The van der Waals surface area contributed by atoms with Gasteiger partial charge in [-0.2, -0.15) is 0 Å². The third-order valence-corrected chi connectivity index (χ3v) is 8.04. The molecule has 196 valence electrons. The highest BCUT2D eigenvalue weighted by molar-refractivity contribution is 7.96. The first kappa shape index (κ1) is 28.3. The molecule has 2 aromatic rings. The zero-order valence-electron chi connectivity index (χ0n) is 21.6. The standard InChI is InChI=1S/C28H40N4O3S/c1-3-23(33)13-9-5-8-12-22(27-30-20-25(31-27)21-10-6-4-7-11-21)18-26(34)24(29)19-28(35)14-16-32(36-2)17-15-28/h4,6-7,10-11,20,22,29,35H,3,5,8-9,12-19H2,1-2H3,(H,30,31)/t22-/m1/s1. The summed E-state index contributed by atoms with van der Waals surface area (Å²) in [5, 5.41) is 19.4. The Morgan fingerprint density at radius 2 is 1.92 bits per heavy atom. The van der Waals surface area contributed by atoms with E-state index in [1.54, 1.807) is 18.1 Å². The summed E-state index contributed by atoms with van der Waals surface area (Å²) >= 11 is 1.66. The molecule has 0 unspecified atom stereocenters. The molecular formula is C28H40N4O3S. The number of aromatic nitrogens is 2. The average molecular weight is 513 g/mol. The highest BCUT2D eigenvalue weighted by atomic mass is 32.2. The van der Waals surface area contributed by atoms with Crippen LogP contribution in [-0.4, -0.2) is 61.6 Å². The molecule has 8 heteroatoms. The number of hydrogen-bond acceptors (Lipinski definition) is 7. The number of nitrogens with one attached hydrogen (secondary N) is 2. The molecular weight excluding hydrogens is 472 g/mol. The number of rotatable bonds is 15. The van der Waals surface area contributed by atoms with Gasteiger partial charge < -0.3 is 15.5 Å². The fourth-order valence-electron chi connectivity index (χ4n) is 4.75. The van der Waals surface area contributed by atoms with Gasteiger partial charge in [0.15, 0.2) is 5.78 Å². The van der Waals surface area contributed by atoms with E-state index in [0.717, 1.165) is 55.9 Å². The van der Waals surface area contributed by atoms with Crippen molar-refractivity contribution in [3.8, 4) is 11.3 Å². The van der Waals surface area contributed by atoms with Crippen molar-refractivity contribution >= 4 is 29.2 Å². The van der Waals surface area contributed by atoms with Crippen molar-refractivity contribution in [1.29, 1.82) is 5.41 Å². The van der Waals surface area contributed by atoms with Crippen molar-refractivity contribution in [3.05, 3.63) is 42.4 Å². The number of Topliss-reactive ketones (excluding diaryl/α,β-unsaturated/α-hetero) is 2. The Labute approximate surface area is 219 Å². The zero-order valence-corrected chi connectivity index (χ0v) is 22.4. The van der Waals surface area contributed by atoms with Gasteiger partial charge in [0.2, 0.25) is 0 Å². The smallest absolute Gasteiger partial charge is 0.177 e. The molecule has 1 fully saturated rings. The molecule has 0 bridgehead atoms. The highest BCUT2D eigenvalue weighted by Crippen LogP contribution is 2.31. The van der Waals surface area contributed by atoms with Gasteiger partial charge in [0.1, 0.15) is 11.6 Å². The molecule has 1 atom stereocenters. The fraction of sp³-hybridized carbons (Fsp3) is 0.571. The second kappa shape index (κ2) is 13.9. The maximum Gasteiger partial charge on any atom is 0.177 e. The molecule has 7 nitrogen and oxygen atoms in total. The van der Waals surface area contributed by atoms with E-state index in [0.29, 0.717) is 25.7 Å². The molecule has 0 amide bonds. The van der Waals surface area contributed by atoms with Crippen LogP contribution in [0.25, 0.3) is 11.3 Å². The number of imidazole rings is 1.